The summed E-state index contributed by atoms with van der Waals surface area (Å²) in [5.41, 5.74) is 1.95. The summed E-state index contributed by atoms with van der Waals surface area (Å²) >= 11 is 0. The van der Waals surface area contributed by atoms with Crippen molar-refractivity contribution in [3.63, 3.8) is 0 Å². The molecule has 2 N–H and O–H groups in total. The van der Waals surface area contributed by atoms with E-state index in [0.717, 1.165) is 17.7 Å². The van der Waals surface area contributed by atoms with Gasteiger partial charge in [0.15, 0.2) is 0 Å². The second-order valence-electron chi connectivity index (χ2n) is 4.03. The highest BCUT2D eigenvalue weighted by molar-refractivity contribution is 5.94. The predicted octanol–water partition coefficient (Wildman–Crippen LogP) is 1.33. The smallest absolute Gasteiger partial charge is 0.224 e. The van der Waals surface area contributed by atoms with Crippen molar-refractivity contribution < 1.29 is 14.6 Å². The van der Waals surface area contributed by atoms with E-state index in [4.69, 9.17) is 9.84 Å². The third-order valence-corrected chi connectivity index (χ3v) is 2.47. The first-order valence-electron chi connectivity index (χ1n) is 5.39. The number of hydrogen-bond acceptors (Lipinski definition) is 3. The molecule has 2 rings (SSSR count). The van der Waals surface area contributed by atoms with E-state index >= 15 is 0 Å². The van der Waals surface area contributed by atoms with E-state index in [-0.39, 0.29) is 12.5 Å². The van der Waals surface area contributed by atoms with Gasteiger partial charge in [0, 0.05) is 18.2 Å². The Kier molecular flexibility index (Phi) is 3.10. The molecule has 4 nitrogen and oxygen atoms in total. The largest absolute Gasteiger partial charge is 0.491 e. The van der Waals surface area contributed by atoms with E-state index in [9.17, 15) is 4.79 Å². The monoisotopic (exact) mass is 221 g/mol. The number of aryl methyl sites for hydroxylation is 1. The van der Waals surface area contributed by atoms with Gasteiger partial charge < -0.3 is 15.2 Å². The van der Waals surface area contributed by atoms with E-state index in [1.54, 1.807) is 13.0 Å². The first-order valence-corrected chi connectivity index (χ1v) is 5.39. The molecule has 0 saturated heterocycles. The number of rotatable bonds is 3. The zero-order valence-corrected chi connectivity index (χ0v) is 9.19. The fourth-order valence-corrected chi connectivity index (χ4v) is 1.66. The van der Waals surface area contributed by atoms with Crippen LogP contribution in [0.2, 0.25) is 0 Å². The van der Waals surface area contributed by atoms with E-state index in [1.165, 1.54) is 0 Å². The average Bonchev–Trinajstić information content (AvgIpc) is 2.25. The summed E-state index contributed by atoms with van der Waals surface area (Å²) in [5, 5.41) is 11.9. The minimum absolute atomic E-state index is 0.0418. The van der Waals surface area contributed by atoms with Gasteiger partial charge in [-0.2, -0.15) is 0 Å². The number of benzene rings is 1. The van der Waals surface area contributed by atoms with Crippen LogP contribution in [0.3, 0.4) is 0 Å². The third kappa shape index (κ3) is 2.52. The lowest BCUT2D eigenvalue weighted by Gasteiger charge is -2.18. The molecule has 1 amide bonds. The van der Waals surface area contributed by atoms with Gasteiger partial charge in [-0.15, -0.1) is 0 Å². The Hall–Kier alpha value is -1.55. The molecule has 86 valence electrons. The van der Waals surface area contributed by atoms with Gasteiger partial charge in [0.05, 0.1) is 6.10 Å². The minimum atomic E-state index is -0.495. The molecule has 0 radical (unpaired) electrons. The zero-order chi connectivity index (χ0) is 11.5. The summed E-state index contributed by atoms with van der Waals surface area (Å²) in [6, 6.07) is 5.61. The molecular weight excluding hydrogens is 206 g/mol. The molecular formula is C12H15NO3. The number of nitrogens with one attached hydrogen (secondary N) is 1. The molecule has 0 saturated carbocycles. The van der Waals surface area contributed by atoms with Crippen molar-refractivity contribution in [3.8, 4) is 5.75 Å². The van der Waals surface area contributed by atoms with Crippen LogP contribution in [0, 0.1) is 0 Å². The summed E-state index contributed by atoms with van der Waals surface area (Å²) in [5.74, 6) is 0.710. The normalized spacial score (nSPS) is 16.2. The zero-order valence-electron chi connectivity index (χ0n) is 9.19. The highest BCUT2D eigenvalue weighted by Crippen LogP contribution is 2.27. The highest BCUT2D eigenvalue weighted by atomic mass is 16.5. The molecule has 1 heterocycles. The molecule has 4 heteroatoms. The summed E-state index contributed by atoms with van der Waals surface area (Å²) in [7, 11) is 0. The van der Waals surface area contributed by atoms with E-state index in [0.29, 0.717) is 12.2 Å². The first kappa shape index (κ1) is 11.0. The SMILES string of the molecule is C[C@H](O)COc1ccc2c(c1)NC(=O)CC2. The second kappa shape index (κ2) is 4.53. The molecule has 1 aliphatic heterocycles. The maximum absolute atomic E-state index is 11.2. The van der Waals surface area contributed by atoms with Crippen LogP contribution in [0.15, 0.2) is 18.2 Å². The number of carbonyl (C=O) groups excluding carboxylic acids is 1. The molecule has 1 atom stereocenters. The molecule has 1 aliphatic rings. The predicted molar refractivity (Wildman–Crippen MR) is 60.6 cm³/mol. The molecule has 1 aromatic carbocycles. The van der Waals surface area contributed by atoms with Crippen LogP contribution < -0.4 is 10.1 Å². The summed E-state index contributed by atoms with van der Waals surface area (Å²) < 4.78 is 5.37. The van der Waals surface area contributed by atoms with Crippen LogP contribution in [0.5, 0.6) is 5.75 Å². The fraction of sp³-hybridized carbons (Fsp3) is 0.417. The number of amides is 1. The van der Waals surface area contributed by atoms with Crippen LogP contribution in [0.1, 0.15) is 18.9 Å². The number of hydrogen-bond donors (Lipinski definition) is 2. The van der Waals surface area contributed by atoms with Crippen molar-refractivity contribution in [2.45, 2.75) is 25.9 Å². The summed E-state index contributed by atoms with van der Waals surface area (Å²) in [6.07, 6.45) is 0.823. The Morgan fingerprint density at radius 2 is 2.31 bits per heavy atom. The van der Waals surface area contributed by atoms with Crippen LogP contribution in [-0.4, -0.2) is 23.7 Å². The average molecular weight is 221 g/mol. The van der Waals surface area contributed by atoms with Gasteiger partial charge in [-0.1, -0.05) is 6.07 Å². The van der Waals surface area contributed by atoms with Gasteiger partial charge in [-0.3, -0.25) is 4.79 Å². The van der Waals surface area contributed by atoms with Crippen molar-refractivity contribution in [2.75, 3.05) is 11.9 Å². The number of anilines is 1. The van der Waals surface area contributed by atoms with Gasteiger partial charge in [0.25, 0.3) is 0 Å². The molecule has 0 aliphatic carbocycles. The van der Waals surface area contributed by atoms with Crippen LogP contribution in [-0.2, 0) is 11.2 Å². The number of carbonyl (C=O) groups is 1. The number of ether oxygens (including phenoxy) is 1. The highest BCUT2D eigenvalue weighted by Gasteiger charge is 2.15. The lowest BCUT2D eigenvalue weighted by atomic mass is 10.0. The molecule has 0 spiro atoms. The Balaban J connectivity index is 2.12. The fourth-order valence-electron chi connectivity index (χ4n) is 1.66. The Morgan fingerprint density at radius 3 is 3.06 bits per heavy atom. The van der Waals surface area contributed by atoms with Gasteiger partial charge in [0.2, 0.25) is 5.91 Å². The number of aliphatic hydroxyl groups is 1. The van der Waals surface area contributed by atoms with Gasteiger partial charge in [0.1, 0.15) is 12.4 Å². The molecule has 16 heavy (non-hydrogen) atoms. The van der Waals surface area contributed by atoms with E-state index in [1.807, 2.05) is 12.1 Å². The van der Waals surface area contributed by atoms with Gasteiger partial charge in [-0.05, 0) is 25.0 Å². The van der Waals surface area contributed by atoms with Gasteiger partial charge >= 0.3 is 0 Å². The Labute approximate surface area is 94.2 Å². The summed E-state index contributed by atoms with van der Waals surface area (Å²) in [6.45, 7) is 1.92. The molecule has 1 aromatic rings. The Bertz CT molecular complexity index is 401. The molecule has 0 unspecified atom stereocenters. The van der Waals surface area contributed by atoms with Crippen LogP contribution in [0.25, 0.3) is 0 Å². The molecule has 0 aromatic heterocycles. The van der Waals surface area contributed by atoms with Crippen LogP contribution >= 0.6 is 0 Å². The number of aliphatic hydroxyl groups excluding tert-OH is 1. The maximum atomic E-state index is 11.2. The topological polar surface area (TPSA) is 58.6 Å². The second-order valence-corrected chi connectivity index (χ2v) is 4.03. The van der Waals surface area contributed by atoms with E-state index < -0.39 is 6.10 Å². The Morgan fingerprint density at radius 1 is 1.50 bits per heavy atom. The van der Waals surface area contributed by atoms with Crippen molar-refractivity contribution in [1.82, 2.24) is 0 Å². The maximum Gasteiger partial charge on any atom is 0.224 e. The van der Waals surface area contributed by atoms with Crippen molar-refractivity contribution in [1.29, 1.82) is 0 Å². The third-order valence-electron chi connectivity index (χ3n) is 2.47. The lowest BCUT2D eigenvalue weighted by Crippen LogP contribution is -2.19. The van der Waals surface area contributed by atoms with E-state index in [2.05, 4.69) is 5.32 Å². The summed E-state index contributed by atoms with van der Waals surface area (Å²) in [4.78, 5) is 11.2. The minimum Gasteiger partial charge on any atom is -0.491 e. The van der Waals surface area contributed by atoms with Gasteiger partial charge in [-0.25, -0.2) is 0 Å². The van der Waals surface area contributed by atoms with Crippen LogP contribution in [0.4, 0.5) is 5.69 Å². The first-order chi connectivity index (χ1) is 7.65. The quantitative estimate of drug-likeness (QED) is 0.809. The lowest BCUT2D eigenvalue weighted by molar-refractivity contribution is -0.116. The molecule has 0 fully saturated rings. The number of fused-ring (bicyclic) bond motifs is 1. The van der Waals surface area contributed by atoms with Crippen molar-refractivity contribution in [2.24, 2.45) is 0 Å². The van der Waals surface area contributed by atoms with Crippen molar-refractivity contribution >= 4 is 11.6 Å². The standard InChI is InChI=1S/C12H15NO3/c1-8(14)7-16-10-4-2-9-3-5-12(15)13-11(9)6-10/h2,4,6,8,14H,3,5,7H2,1H3,(H,13,15)/t8-/m0/s1. The molecule has 0 bridgehead atoms. The van der Waals surface area contributed by atoms with Crippen molar-refractivity contribution in [3.05, 3.63) is 23.8 Å².